The van der Waals surface area contributed by atoms with E-state index in [1.807, 2.05) is 30.3 Å². The normalized spacial score (nSPS) is 17.4. The monoisotopic (exact) mass is 493 g/mol. The van der Waals surface area contributed by atoms with Crippen molar-refractivity contribution in [3.8, 4) is 6.07 Å². The number of thioether (sulfide) groups is 1. The second-order valence-electron chi connectivity index (χ2n) is 7.56. The van der Waals surface area contributed by atoms with Crippen molar-refractivity contribution in [3.63, 3.8) is 0 Å². The Balaban J connectivity index is 1.84. The molecule has 8 heteroatoms. The molecule has 0 radical (unpaired) electrons. The molecular formula is C26H24ClN3O3S. The molecule has 174 valence electrons. The van der Waals surface area contributed by atoms with Gasteiger partial charge in [-0.3, -0.25) is 9.59 Å². The Bertz CT molecular complexity index is 1150. The van der Waals surface area contributed by atoms with Gasteiger partial charge in [0.15, 0.2) is 0 Å². The van der Waals surface area contributed by atoms with E-state index in [1.54, 1.807) is 31.2 Å². The summed E-state index contributed by atoms with van der Waals surface area (Å²) in [5.74, 6) is -1.96. The quantitative estimate of drug-likeness (QED) is 0.391. The van der Waals surface area contributed by atoms with E-state index in [0.717, 1.165) is 11.1 Å². The summed E-state index contributed by atoms with van der Waals surface area (Å²) in [6.07, 6.45) is 1.49. The summed E-state index contributed by atoms with van der Waals surface area (Å²) in [6.45, 7) is 5.78. The van der Waals surface area contributed by atoms with Crippen molar-refractivity contribution in [2.45, 2.75) is 19.4 Å². The van der Waals surface area contributed by atoms with Crippen molar-refractivity contribution in [2.24, 2.45) is 10.9 Å². The predicted octanol–water partition coefficient (Wildman–Crippen LogP) is 5.03. The Hall–Kier alpha value is -3.34. The fraction of sp³-hybridized carbons (Fsp3) is 0.231. The Kier molecular flexibility index (Phi) is 9.08. The van der Waals surface area contributed by atoms with Gasteiger partial charge in [0.05, 0.1) is 17.4 Å². The fourth-order valence-corrected chi connectivity index (χ4v) is 4.64. The van der Waals surface area contributed by atoms with Crippen molar-refractivity contribution < 1.29 is 14.3 Å². The average molecular weight is 494 g/mol. The van der Waals surface area contributed by atoms with Crippen LogP contribution >= 0.6 is 23.4 Å². The molecule has 0 bridgehead atoms. The van der Waals surface area contributed by atoms with E-state index in [0.29, 0.717) is 27.9 Å². The summed E-state index contributed by atoms with van der Waals surface area (Å²) in [5.41, 5.74) is 2.56. The van der Waals surface area contributed by atoms with Gasteiger partial charge in [-0.05, 0) is 30.2 Å². The van der Waals surface area contributed by atoms with E-state index in [1.165, 1.54) is 17.8 Å². The second-order valence-corrected chi connectivity index (χ2v) is 8.96. The lowest BCUT2D eigenvalue weighted by Crippen LogP contribution is -2.34. The molecule has 0 aromatic heterocycles. The number of hydrogen-bond acceptors (Lipinski definition) is 6. The van der Waals surface area contributed by atoms with Gasteiger partial charge in [0, 0.05) is 23.2 Å². The molecule has 0 fully saturated rings. The Morgan fingerprint density at radius 3 is 2.59 bits per heavy atom. The second kappa shape index (κ2) is 12.2. The molecule has 2 atom stereocenters. The van der Waals surface area contributed by atoms with Gasteiger partial charge in [0.25, 0.3) is 0 Å². The summed E-state index contributed by atoms with van der Waals surface area (Å²) < 4.78 is 5.31. The molecule has 1 amide bonds. The fourth-order valence-electron chi connectivity index (χ4n) is 3.61. The number of halogens is 1. The molecule has 1 unspecified atom stereocenters. The molecule has 0 saturated carbocycles. The zero-order valence-corrected chi connectivity index (χ0v) is 20.2. The highest BCUT2D eigenvalue weighted by Crippen LogP contribution is 2.42. The number of aliphatic imine (C=N–C) groups is 1. The molecule has 0 spiro atoms. The van der Waals surface area contributed by atoms with Crippen LogP contribution in [0.3, 0.4) is 0 Å². The summed E-state index contributed by atoms with van der Waals surface area (Å²) in [5, 5.41) is 13.9. The van der Waals surface area contributed by atoms with Crippen LogP contribution in [0.5, 0.6) is 0 Å². The number of carbonyl (C=O) groups is 2. The first-order valence-electron chi connectivity index (χ1n) is 10.6. The first-order chi connectivity index (χ1) is 16.4. The average Bonchev–Trinajstić information content (AvgIpc) is 2.85. The number of esters is 1. The highest BCUT2D eigenvalue weighted by molar-refractivity contribution is 8.03. The maximum atomic E-state index is 12.9. The van der Waals surface area contributed by atoms with Crippen molar-refractivity contribution in [1.29, 1.82) is 5.26 Å². The summed E-state index contributed by atoms with van der Waals surface area (Å²) in [4.78, 5) is 29.9. The van der Waals surface area contributed by atoms with Gasteiger partial charge in [0.1, 0.15) is 17.6 Å². The van der Waals surface area contributed by atoms with Crippen LogP contribution in [0.1, 0.15) is 24.0 Å². The molecule has 3 rings (SSSR count). The Labute approximate surface area is 208 Å². The van der Waals surface area contributed by atoms with Crippen LogP contribution in [0, 0.1) is 17.2 Å². The third kappa shape index (κ3) is 6.37. The minimum atomic E-state index is -0.771. The van der Waals surface area contributed by atoms with Crippen LogP contribution in [0.4, 0.5) is 0 Å². The van der Waals surface area contributed by atoms with Crippen molar-refractivity contribution in [2.75, 3.05) is 12.4 Å². The van der Waals surface area contributed by atoms with Crippen molar-refractivity contribution in [3.05, 3.63) is 94.0 Å². The topological polar surface area (TPSA) is 91.5 Å². The minimum absolute atomic E-state index is 0.0603. The number of nitriles is 1. The van der Waals surface area contributed by atoms with Crippen LogP contribution in [0.15, 0.2) is 82.8 Å². The number of carbonyl (C=O) groups excluding carboxylic acids is 2. The highest BCUT2D eigenvalue weighted by atomic mass is 35.5. The third-order valence-corrected chi connectivity index (χ3v) is 6.47. The maximum Gasteiger partial charge on any atom is 0.315 e. The first-order valence-corrected chi connectivity index (χ1v) is 12.0. The minimum Gasteiger partial charge on any atom is -0.461 e. The van der Waals surface area contributed by atoms with E-state index < -0.39 is 17.8 Å². The van der Waals surface area contributed by atoms with Crippen LogP contribution < -0.4 is 5.32 Å². The zero-order valence-electron chi connectivity index (χ0n) is 18.7. The number of rotatable bonds is 9. The van der Waals surface area contributed by atoms with Gasteiger partial charge < -0.3 is 10.1 Å². The zero-order chi connectivity index (χ0) is 24.5. The largest absolute Gasteiger partial charge is 0.461 e. The van der Waals surface area contributed by atoms with Crippen LogP contribution in [-0.4, -0.2) is 29.9 Å². The number of nitrogens with zero attached hydrogens (tertiary/aromatic N) is 2. The molecular weight excluding hydrogens is 470 g/mol. The van der Waals surface area contributed by atoms with Crippen LogP contribution in [0.2, 0.25) is 5.02 Å². The van der Waals surface area contributed by atoms with Gasteiger partial charge in [-0.15, -0.1) is 0 Å². The SMILES string of the molecule is C=CCOC(=O)C1C(C)=NC(SCC(=O)NCc2ccccc2)=C(C#N)[C@@H]1c1ccc(Cl)cc1. The number of ether oxygens (including phenoxy) is 1. The van der Waals surface area contributed by atoms with Crippen LogP contribution in [-0.2, 0) is 20.9 Å². The van der Waals surface area contributed by atoms with E-state index in [-0.39, 0.29) is 18.3 Å². The lowest BCUT2D eigenvalue weighted by atomic mass is 9.77. The molecule has 0 aliphatic carbocycles. The number of nitrogens with one attached hydrogen (secondary N) is 1. The molecule has 2 aromatic carbocycles. The van der Waals surface area contributed by atoms with Gasteiger partial charge in [-0.2, -0.15) is 5.26 Å². The molecule has 1 aliphatic heterocycles. The van der Waals surface area contributed by atoms with Gasteiger partial charge in [-0.1, -0.05) is 78.5 Å². The first kappa shape index (κ1) is 25.3. The van der Waals surface area contributed by atoms with E-state index in [9.17, 15) is 14.9 Å². The molecule has 1 N–H and O–H groups in total. The number of amides is 1. The summed E-state index contributed by atoms with van der Waals surface area (Å²) >= 11 is 7.23. The molecule has 34 heavy (non-hydrogen) atoms. The summed E-state index contributed by atoms with van der Waals surface area (Å²) in [7, 11) is 0. The highest BCUT2D eigenvalue weighted by Gasteiger charge is 2.40. The Morgan fingerprint density at radius 2 is 1.94 bits per heavy atom. The lowest BCUT2D eigenvalue weighted by Gasteiger charge is -2.30. The Morgan fingerprint density at radius 1 is 1.24 bits per heavy atom. The standard InChI is InChI=1S/C26H24ClN3O3S/c1-3-13-33-26(32)23-17(2)30-25(21(14-28)24(23)19-9-11-20(27)12-10-19)34-16-22(31)29-15-18-7-5-4-6-8-18/h3-12,23-24H,1,13,15-16H2,2H3,(H,29,31)/t23?,24-/m0/s1. The van der Waals surface area contributed by atoms with Crippen molar-refractivity contribution >= 4 is 41.0 Å². The number of hydrogen-bond donors (Lipinski definition) is 1. The van der Waals surface area contributed by atoms with E-state index in [2.05, 4.69) is 23.0 Å². The molecule has 6 nitrogen and oxygen atoms in total. The third-order valence-electron chi connectivity index (χ3n) is 5.22. The molecule has 0 saturated heterocycles. The van der Waals surface area contributed by atoms with Gasteiger partial charge in [0.2, 0.25) is 5.91 Å². The number of allylic oxidation sites excluding steroid dienone is 1. The molecule has 1 aliphatic rings. The number of benzene rings is 2. The van der Waals surface area contributed by atoms with Gasteiger partial charge >= 0.3 is 5.97 Å². The van der Waals surface area contributed by atoms with Crippen LogP contribution in [0.25, 0.3) is 0 Å². The van der Waals surface area contributed by atoms with Crippen molar-refractivity contribution in [1.82, 2.24) is 5.32 Å². The predicted molar refractivity (Wildman–Crippen MR) is 135 cm³/mol. The van der Waals surface area contributed by atoms with E-state index >= 15 is 0 Å². The maximum absolute atomic E-state index is 12.9. The lowest BCUT2D eigenvalue weighted by molar-refractivity contribution is -0.145. The summed E-state index contributed by atoms with van der Waals surface area (Å²) in [6, 6.07) is 18.8. The molecule has 1 heterocycles. The smallest absolute Gasteiger partial charge is 0.315 e. The van der Waals surface area contributed by atoms with Gasteiger partial charge in [-0.25, -0.2) is 4.99 Å². The van der Waals surface area contributed by atoms with E-state index in [4.69, 9.17) is 16.3 Å². The molecule has 2 aromatic rings.